The second-order valence-corrected chi connectivity index (χ2v) is 7.97. The fraction of sp³-hybridized carbons (Fsp3) is 0.609. The lowest BCUT2D eigenvalue weighted by Crippen LogP contribution is -2.44. The second-order valence-electron chi connectivity index (χ2n) is 7.97. The van der Waals surface area contributed by atoms with E-state index in [9.17, 15) is 0 Å². The molecule has 0 bridgehead atoms. The largest absolute Gasteiger partial charge is 0.357 e. The van der Waals surface area contributed by atoms with Gasteiger partial charge in [0.15, 0.2) is 5.96 Å². The second kappa shape index (κ2) is 12.5. The Balaban J connectivity index is 0.00000280. The summed E-state index contributed by atoms with van der Waals surface area (Å²) in [6.07, 6.45) is 8.53. The number of piperidine rings is 2. The number of hydrogen-bond acceptors (Lipinski definition) is 2. The molecule has 2 saturated heterocycles. The van der Waals surface area contributed by atoms with E-state index in [2.05, 4.69) is 65.5 Å². The van der Waals surface area contributed by atoms with E-state index in [1.165, 1.54) is 37.9 Å². The Labute approximate surface area is 188 Å². The Morgan fingerprint density at radius 3 is 2.43 bits per heavy atom. The lowest BCUT2D eigenvalue weighted by molar-refractivity contribution is 0.214. The van der Waals surface area contributed by atoms with Crippen molar-refractivity contribution in [1.82, 2.24) is 15.1 Å². The van der Waals surface area contributed by atoms with Gasteiger partial charge in [-0.1, -0.05) is 42.0 Å². The average molecular weight is 496 g/mol. The molecule has 0 atom stereocenters. The molecular formula is C23H37IN4. The van der Waals surface area contributed by atoms with Gasteiger partial charge in [-0.05, 0) is 70.6 Å². The van der Waals surface area contributed by atoms with Gasteiger partial charge < -0.3 is 15.1 Å². The molecule has 28 heavy (non-hydrogen) atoms. The van der Waals surface area contributed by atoms with Crippen molar-refractivity contribution >= 4 is 36.0 Å². The Morgan fingerprint density at radius 1 is 1.11 bits per heavy atom. The SMILES string of the molecule is CCNC(=NCCC1CCN(C)CC1)N1CCC(=Cc2ccccc2)CC1.I. The Bertz CT molecular complexity index is 611. The van der Waals surface area contributed by atoms with E-state index < -0.39 is 0 Å². The highest BCUT2D eigenvalue weighted by atomic mass is 127. The average Bonchev–Trinajstić information content (AvgIpc) is 2.70. The first-order valence-corrected chi connectivity index (χ1v) is 10.7. The van der Waals surface area contributed by atoms with Crippen LogP contribution in [0.4, 0.5) is 0 Å². The van der Waals surface area contributed by atoms with Crippen molar-refractivity contribution in [2.24, 2.45) is 10.9 Å². The molecule has 0 unspecified atom stereocenters. The highest BCUT2D eigenvalue weighted by molar-refractivity contribution is 14.0. The summed E-state index contributed by atoms with van der Waals surface area (Å²) < 4.78 is 0. The van der Waals surface area contributed by atoms with Gasteiger partial charge in [0.2, 0.25) is 0 Å². The standard InChI is InChI=1S/C23H36N4.HI/c1-3-24-23(25-14-9-20-10-15-26(2)16-11-20)27-17-12-22(13-18-27)19-21-7-5-4-6-8-21;/h4-8,19-20H,3,9-18H2,1-2H3,(H,24,25);1H. The van der Waals surface area contributed by atoms with Gasteiger partial charge in [0.05, 0.1) is 0 Å². The summed E-state index contributed by atoms with van der Waals surface area (Å²) in [5.74, 6) is 1.97. The molecule has 1 N–H and O–H groups in total. The van der Waals surface area contributed by atoms with E-state index in [1.54, 1.807) is 5.57 Å². The third-order valence-electron chi connectivity index (χ3n) is 5.85. The zero-order valence-electron chi connectivity index (χ0n) is 17.6. The van der Waals surface area contributed by atoms with Gasteiger partial charge in [0.25, 0.3) is 0 Å². The van der Waals surface area contributed by atoms with E-state index in [0.717, 1.165) is 50.9 Å². The summed E-state index contributed by atoms with van der Waals surface area (Å²) in [7, 11) is 2.23. The fourth-order valence-electron chi connectivity index (χ4n) is 4.06. The summed E-state index contributed by atoms with van der Waals surface area (Å²) in [5.41, 5.74) is 2.87. The first-order valence-electron chi connectivity index (χ1n) is 10.7. The molecule has 4 nitrogen and oxygen atoms in total. The maximum absolute atomic E-state index is 4.96. The van der Waals surface area contributed by atoms with E-state index in [-0.39, 0.29) is 24.0 Å². The summed E-state index contributed by atoms with van der Waals surface area (Å²) in [6.45, 7) is 8.69. The number of aliphatic imine (C=N–C) groups is 1. The number of nitrogens with zero attached hydrogens (tertiary/aromatic N) is 3. The van der Waals surface area contributed by atoms with Crippen LogP contribution in [0.25, 0.3) is 6.08 Å². The smallest absolute Gasteiger partial charge is 0.193 e. The van der Waals surface area contributed by atoms with E-state index >= 15 is 0 Å². The first-order chi connectivity index (χ1) is 13.2. The van der Waals surface area contributed by atoms with Gasteiger partial charge in [-0.2, -0.15) is 0 Å². The molecule has 2 aliphatic rings. The molecule has 156 valence electrons. The van der Waals surface area contributed by atoms with Crippen molar-refractivity contribution in [3.8, 4) is 0 Å². The van der Waals surface area contributed by atoms with Gasteiger partial charge in [-0.3, -0.25) is 4.99 Å². The van der Waals surface area contributed by atoms with Crippen LogP contribution in [0.5, 0.6) is 0 Å². The highest BCUT2D eigenvalue weighted by Gasteiger charge is 2.18. The molecule has 2 fully saturated rings. The molecule has 0 aromatic heterocycles. The van der Waals surface area contributed by atoms with Crippen LogP contribution in [0.1, 0.15) is 44.6 Å². The minimum atomic E-state index is 0. The van der Waals surface area contributed by atoms with Gasteiger partial charge in [-0.25, -0.2) is 0 Å². The van der Waals surface area contributed by atoms with E-state index in [1.807, 2.05) is 0 Å². The van der Waals surface area contributed by atoms with Gasteiger partial charge in [0.1, 0.15) is 0 Å². The quantitative estimate of drug-likeness (QED) is 0.371. The minimum absolute atomic E-state index is 0. The van der Waals surface area contributed by atoms with E-state index in [4.69, 9.17) is 4.99 Å². The van der Waals surface area contributed by atoms with E-state index in [0.29, 0.717) is 0 Å². The lowest BCUT2D eigenvalue weighted by atomic mass is 9.94. The molecule has 0 radical (unpaired) electrons. The number of rotatable bonds is 5. The van der Waals surface area contributed by atoms with Crippen LogP contribution >= 0.6 is 24.0 Å². The summed E-state index contributed by atoms with van der Waals surface area (Å²) >= 11 is 0. The number of hydrogen-bond donors (Lipinski definition) is 1. The van der Waals surface area contributed by atoms with Crippen molar-refractivity contribution in [2.75, 3.05) is 46.3 Å². The topological polar surface area (TPSA) is 30.9 Å². The third kappa shape index (κ3) is 7.39. The molecule has 0 aliphatic carbocycles. The monoisotopic (exact) mass is 496 g/mol. The number of guanidine groups is 1. The highest BCUT2D eigenvalue weighted by Crippen LogP contribution is 2.21. The van der Waals surface area contributed by atoms with Crippen LogP contribution < -0.4 is 5.32 Å². The molecule has 3 rings (SSSR count). The van der Waals surface area contributed by atoms with Crippen LogP contribution in [0.3, 0.4) is 0 Å². The van der Waals surface area contributed by atoms with Crippen molar-refractivity contribution < 1.29 is 0 Å². The van der Waals surface area contributed by atoms with Crippen molar-refractivity contribution in [1.29, 1.82) is 0 Å². The predicted octanol–water partition coefficient (Wildman–Crippen LogP) is 4.48. The van der Waals surface area contributed by atoms with Crippen LogP contribution in [0.15, 0.2) is 40.9 Å². The van der Waals surface area contributed by atoms with Gasteiger partial charge in [-0.15, -0.1) is 24.0 Å². The Morgan fingerprint density at radius 2 is 1.79 bits per heavy atom. The number of nitrogens with one attached hydrogen (secondary N) is 1. The molecule has 0 amide bonds. The normalized spacial score (nSPS) is 19.3. The minimum Gasteiger partial charge on any atom is -0.357 e. The zero-order valence-corrected chi connectivity index (χ0v) is 19.9. The molecule has 0 saturated carbocycles. The summed E-state index contributed by atoms with van der Waals surface area (Å²) in [4.78, 5) is 9.85. The number of benzene rings is 1. The number of halogens is 1. The Hall–Kier alpha value is -1.08. The molecule has 1 aromatic carbocycles. The molecular weight excluding hydrogens is 459 g/mol. The third-order valence-corrected chi connectivity index (χ3v) is 5.85. The lowest BCUT2D eigenvalue weighted by Gasteiger charge is -2.32. The van der Waals surface area contributed by atoms with Gasteiger partial charge >= 0.3 is 0 Å². The van der Waals surface area contributed by atoms with Gasteiger partial charge in [0, 0.05) is 26.2 Å². The van der Waals surface area contributed by atoms with Crippen molar-refractivity contribution in [2.45, 2.75) is 39.0 Å². The molecule has 2 aliphatic heterocycles. The molecule has 0 spiro atoms. The maximum Gasteiger partial charge on any atom is 0.193 e. The van der Waals surface area contributed by atoms with Crippen LogP contribution in [0, 0.1) is 5.92 Å². The first kappa shape index (κ1) is 23.2. The predicted molar refractivity (Wildman–Crippen MR) is 131 cm³/mol. The number of likely N-dealkylation sites (tertiary alicyclic amines) is 2. The Kier molecular flexibility index (Phi) is 10.3. The zero-order chi connectivity index (χ0) is 18.9. The molecule has 2 heterocycles. The molecule has 5 heteroatoms. The van der Waals surface area contributed by atoms with Crippen LogP contribution in [-0.2, 0) is 0 Å². The van der Waals surface area contributed by atoms with Crippen molar-refractivity contribution in [3.05, 3.63) is 41.5 Å². The van der Waals surface area contributed by atoms with Crippen LogP contribution in [-0.4, -0.2) is 62.1 Å². The van der Waals surface area contributed by atoms with Crippen LogP contribution in [0.2, 0.25) is 0 Å². The summed E-state index contributed by atoms with van der Waals surface area (Å²) in [6, 6.07) is 10.7. The summed E-state index contributed by atoms with van der Waals surface area (Å²) in [5, 5.41) is 3.51. The fourth-order valence-corrected chi connectivity index (χ4v) is 4.06. The maximum atomic E-state index is 4.96. The van der Waals surface area contributed by atoms with Crippen molar-refractivity contribution in [3.63, 3.8) is 0 Å². The molecule has 1 aromatic rings.